The van der Waals surface area contributed by atoms with Crippen LogP contribution in [0.4, 0.5) is 5.69 Å². The molecule has 0 bridgehead atoms. The molecule has 0 saturated heterocycles. The van der Waals surface area contributed by atoms with Gasteiger partial charge in [0.25, 0.3) is 5.91 Å². The summed E-state index contributed by atoms with van der Waals surface area (Å²) in [6.07, 6.45) is 2.66. The number of para-hydroxylation sites is 1. The van der Waals surface area contributed by atoms with Gasteiger partial charge in [-0.15, -0.1) is 0 Å². The van der Waals surface area contributed by atoms with Crippen molar-refractivity contribution < 1.29 is 18.7 Å². The van der Waals surface area contributed by atoms with Crippen LogP contribution in [0.25, 0.3) is 6.08 Å². The Bertz CT molecular complexity index is 776. The van der Waals surface area contributed by atoms with Crippen molar-refractivity contribution in [1.82, 2.24) is 0 Å². The molecule has 0 aliphatic carbocycles. The SMILES string of the molecule is N#C/C(=C\c1ccco1)C(=O)OCC(=O)Nc1ccccc1Br. The molecule has 1 aromatic carbocycles. The number of anilines is 1. The molecule has 0 unspecified atom stereocenters. The lowest BCUT2D eigenvalue weighted by Crippen LogP contribution is -2.21. The number of carbonyl (C=O) groups is 2. The lowest BCUT2D eigenvalue weighted by molar-refractivity contribution is -0.142. The Labute approximate surface area is 140 Å². The van der Waals surface area contributed by atoms with E-state index in [1.807, 2.05) is 0 Å². The van der Waals surface area contributed by atoms with Gasteiger partial charge >= 0.3 is 5.97 Å². The van der Waals surface area contributed by atoms with Crippen LogP contribution in [-0.4, -0.2) is 18.5 Å². The van der Waals surface area contributed by atoms with Gasteiger partial charge in [-0.05, 0) is 40.2 Å². The zero-order chi connectivity index (χ0) is 16.7. The average molecular weight is 375 g/mol. The highest BCUT2D eigenvalue weighted by Crippen LogP contribution is 2.20. The number of hydrogen-bond acceptors (Lipinski definition) is 5. The zero-order valence-corrected chi connectivity index (χ0v) is 13.4. The summed E-state index contributed by atoms with van der Waals surface area (Å²) in [4.78, 5) is 23.5. The van der Waals surface area contributed by atoms with Crippen molar-refractivity contribution in [2.75, 3.05) is 11.9 Å². The molecule has 0 fully saturated rings. The van der Waals surface area contributed by atoms with Gasteiger partial charge in [-0.3, -0.25) is 4.79 Å². The summed E-state index contributed by atoms with van der Waals surface area (Å²) in [5, 5.41) is 11.5. The van der Waals surface area contributed by atoms with Gasteiger partial charge < -0.3 is 14.5 Å². The highest BCUT2D eigenvalue weighted by Gasteiger charge is 2.14. The number of benzene rings is 1. The number of carbonyl (C=O) groups excluding carboxylic acids is 2. The van der Waals surface area contributed by atoms with Gasteiger partial charge in [0.05, 0.1) is 12.0 Å². The highest BCUT2D eigenvalue weighted by atomic mass is 79.9. The summed E-state index contributed by atoms with van der Waals surface area (Å²) in [6.45, 7) is -0.503. The van der Waals surface area contributed by atoms with Crippen LogP contribution in [0.2, 0.25) is 0 Å². The van der Waals surface area contributed by atoms with E-state index in [4.69, 9.17) is 14.4 Å². The lowest BCUT2D eigenvalue weighted by atomic mass is 10.2. The van der Waals surface area contributed by atoms with E-state index in [1.54, 1.807) is 42.5 Å². The van der Waals surface area contributed by atoms with Crippen LogP contribution in [0.3, 0.4) is 0 Å². The first kappa shape index (κ1) is 16.5. The number of amides is 1. The summed E-state index contributed by atoms with van der Waals surface area (Å²) in [7, 11) is 0. The van der Waals surface area contributed by atoms with Gasteiger partial charge in [0.15, 0.2) is 6.61 Å². The predicted molar refractivity (Wildman–Crippen MR) is 86.0 cm³/mol. The fourth-order valence-electron chi connectivity index (χ4n) is 1.61. The van der Waals surface area contributed by atoms with Crippen molar-refractivity contribution in [3.63, 3.8) is 0 Å². The Balaban J connectivity index is 1.92. The third kappa shape index (κ3) is 4.83. The molecule has 0 saturated carbocycles. The largest absolute Gasteiger partial charge is 0.465 e. The van der Waals surface area contributed by atoms with E-state index in [0.29, 0.717) is 15.9 Å². The van der Waals surface area contributed by atoms with Gasteiger partial charge in [-0.1, -0.05) is 12.1 Å². The van der Waals surface area contributed by atoms with Crippen LogP contribution < -0.4 is 5.32 Å². The van der Waals surface area contributed by atoms with E-state index in [9.17, 15) is 9.59 Å². The molecule has 1 heterocycles. The number of furan rings is 1. The first-order valence-corrected chi connectivity index (χ1v) is 7.26. The fraction of sp³-hybridized carbons (Fsp3) is 0.0625. The molecule has 6 nitrogen and oxygen atoms in total. The smallest absolute Gasteiger partial charge is 0.349 e. The van der Waals surface area contributed by atoms with Crippen molar-refractivity contribution in [2.24, 2.45) is 0 Å². The molecule has 0 aliphatic rings. The van der Waals surface area contributed by atoms with Crippen LogP contribution in [0, 0.1) is 11.3 Å². The molecule has 1 aromatic heterocycles. The van der Waals surface area contributed by atoms with Gasteiger partial charge in [0.1, 0.15) is 17.4 Å². The molecule has 2 aromatic rings. The molecule has 0 atom stereocenters. The number of esters is 1. The number of nitrogens with zero attached hydrogens (tertiary/aromatic N) is 1. The maximum absolute atomic E-state index is 11.8. The summed E-state index contributed by atoms with van der Waals surface area (Å²) in [6, 6.07) is 11.9. The minimum absolute atomic E-state index is 0.256. The number of halogens is 1. The van der Waals surface area contributed by atoms with Crippen molar-refractivity contribution in [1.29, 1.82) is 5.26 Å². The van der Waals surface area contributed by atoms with Gasteiger partial charge in [-0.25, -0.2) is 4.79 Å². The van der Waals surface area contributed by atoms with Crippen molar-refractivity contribution in [2.45, 2.75) is 0 Å². The van der Waals surface area contributed by atoms with Crippen molar-refractivity contribution in [3.8, 4) is 6.07 Å². The molecule has 1 amide bonds. The minimum atomic E-state index is -0.897. The molecule has 0 spiro atoms. The first-order chi connectivity index (χ1) is 11.1. The van der Waals surface area contributed by atoms with Crippen LogP contribution in [0.15, 0.2) is 57.1 Å². The summed E-state index contributed by atoms with van der Waals surface area (Å²) in [5.74, 6) is -1.07. The number of hydrogen-bond donors (Lipinski definition) is 1. The van der Waals surface area contributed by atoms with E-state index in [2.05, 4.69) is 21.2 Å². The Morgan fingerprint density at radius 2 is 2.09 bits per heavy atom. The van der Waals surface area contributed by atoms with Crippen LogP contribution in [0.1, 0.15) is 5.76 Å². The summed E-state index contributed by atoms with van der Waals surface area (Å²) < 4.78 is 10.5. The quantitative estimate of drug-likeness (QED) is 0.493. The van der Waals surface area contributed by atoms with E-state index < -0.39 is 18.5 Å². The molecule has 2 rings (SSSR count). The second-order valence-electron chi connectivity index (χ2n) is 4.29. The molecular formula is C16H11BrN2O4. The fourth-order valence-corrected chi connectivity index (χ4v) is 1.99. The molecular weight excluding hydrogens is 364 g/mol. The maximum Gasteiger partial charge on any atom is 0.349 e. The predicted octanol–water partition coefficient (Wildman–Crippen LogP) is 3.13. The topological polar surface area (TPSA) is 92.3 Å². The molecule has 0 radical (unpaired) electrons. The molecule has 0 aliphatic heterocycles. The van der Waals surface area contributed by atoms with E-state index in [-0.39, 0.29) is 5.57 Å². The standard InChI is InChI=1S/C16H11BrN2O4/c17-13-5-1-2-6-14(13)19-15(20)10-23-16(21)11(9-18)8-12-4-3-7-22-12/h1-8H,10H2,(H,19,20)/b11-8+. The van der Waals surface area contributed by atoms with Crippen LogP contribution >= 0.6 is 15.9 Å². The van der Waals surface area contributed by atoms with Gasteiger partial charge in [0, 0.05) is 10.5 Å². The highest BCUT2D eigenvalue weighted by molar-refractivity contribution is 9.10. The molecule has 23 heavy (non-hydrogen) atoms. The van der Waals surface area contributed by atoms with E-state index in [0.717, 1.165) is 0 Å². The number of ether oxygens (including phenoxy) is 1. The van der Waals surface area contributed by atoms with Crippen LogP contribution in [-0.2, 0) is 14.3 Å². The molecule has 1 N–H and O–H groups in total. The molecule has 7 heteroatoms. The Hall–Kier alpha value is -2.85. The Morgan fingerprint density at radius 3 is 2.74 bits per heavy atom. The van der Waals surface area contributed by atoms with Crippen molar-refractivity contribution in [3.05, 3.63) is 58.5 Å². The monoisotopic (exact) mass is 374 g/mol. The minimum Gasteiger partial charge on any atom is -0.465 e. The third-order valence-corrected chi connectivity index (χ3v) is 3.34. The Kier molecular flexibility index (Phi) is 5.72. The summed E-state index contributed by atoms with van der Waals surface area (Å²) in [5.41, 5.74) is 0.300. The lowest BCUT2D eigenvalue weighted by Gasteiger charge is -2.07. The third-order valence-electron chi connectivity index (χ3n) is 2.65. The van der Waals surface area contributed by atoms with E-state index >= 15 is 0 Å². The van der Waals surface area contributed by atoms with E-state index in [1.165, 1.54) is 12.3 Å². The average Bonchev–Trinajstić information content (AvgIpc) is 3.05. The number of nitrogens with one attached hydrogen (secondary N) is 1. The number of rotatable bonds is 5. The maximum atomic E-state index is 11.8. The van der Waals surface area contributed by atoms with Crippen molar-refractivity contribution >= 4 is 39.6 Å². The number of nitriles is 1. The normalized spacial score (nSPS) is 10.7. The Morgan fingerprint density at radius 1 is 1.30 bits per heavy atom. The summed E-state index contributed by atoms with van der Waals surface area (Å²) >= 11 is 3.29. The first-order valence-electron chi connectivity index (χ1n) is 6.47. The van der Waals surface area contributed by atoms with Gasteiger partial charge in [-0.2, -0.15) is 5.26 Å². The van der Waals surface area contributed by atoms with Gasteiger partial charge in [0.2, 0.25) is 0 Å². The second kappa shape index (κ2) is 7.96. The molecule has 116 valence electrons. The second-order valence-corrected chi connectivity index (χ2v) is 5.14. The zero-order valence-electron chi connectivity index (χ0n) is 11.8. The van der Waals surface area contributed by atoms with Crippen LogP contribution in [0.5, 0.6) is 0 Å².